The van der Waals surface area contributed by atoms with Gasteiger partial charge in [0.2, 0.25) is 0 Å². The third-order valence-electron chi connectivity index (χ3n) is 2.69. The van der Waals surface area contributed by atoms with Crippen molar-refractivity contribution in [1.29, 1.82) is 0 Å². The molecule has 3 nitrogen and oxygen atoms in total. The van der Waals surface area contributed by atoms with Crippen molar-refractivity contribution in [3.63, 3.8) is 0 Å². The van der Waals surface area contributed by atoms with Crippen molar-refractivity contribution in [2.75, 3.05) is 6.61 Å². The van der Waals surface area contributed by atoms with E-state index in [1.54, 1.807) is 0 Å². The Morgan fingerprint density at radius 3 is 2.39 bits per heavy atom. The Labute approximate surface area is 106 Å². The average molecular weight is 241 g/mol. The lowest BCUT2D eigenvalue weighted by atomic mass is 10.1. The van der Waals surface area contributed by atoms with Gasteiger partial charge < -0.3 is 9.94 Å². The van der Waals surface area contributed by atoms with Gasteiger partial charge in [0.25, 0.3) is 0 Å². The van der Waals surface area contributed by atoms with Crippen molar-refractivity contribution in [3.8, 4) is 5.75 Å². The van der Waals surface area contributed by atoms with Crippen molar-refractivity contribution in [2.45, 2.75) is 6.92 Å². The summed E-state index contributed by atoms with van der Waals surface area (Å²) in [6.45, 7) is 2.22. The predicted octanol–water partition coefficient (Wildman–Crippen LogP) is 3.25. The number of aryl methyl sites for hydroxylation is 1. The van der Waals surface area contributed by atoms with Gasteiger partial charge in [-0.2, -0.15) is 0 Å². The molecule has 0 spiro atoms. The number of hydrogen-bond donors (Lipinski definition) is 1. The van der Waals surface area contributed by atoms with Gasteiger partial charge in [0.1, 0.15) is 18.1 Å². The van der Waals surface area contributed by atoms with Crippen LogP contribution in [0, 0.1) is 6.92 Å². The van der Waals surface area contributed by atoms with Crippen LogP contribution in [0.25, 0.3) is 0 Å². The maximum absolute atomic E-state index is 9.03. The summed E-state index contributed by atoms with van der Waals surface area (Å²) < 4.78 is 5.65. The molecule has 0 amide bonds. The molecule has 3 heteroatoms. The maximum atomic E-state index is 9.03. The number of ether oxygens (including phenoxy) is 1. The molecule has 0 saturated heterocycles. The van der Waals surface area contributed by atoms with Crippen LogP contribution >= 0.6 is 0 Å². The van der Waals surface area contributed by atoms with Gasteiger partial charge in [-0.05, 0) is 18.6 Å². The molecule has 0 aromatic heterocycles. The minimum absolute atomic E-state index is 0.241. The van der Waals surface area contributed by atoms with Crippen LogP contribution in [0.3, 0.4) is 0 Å². The van der Waals surface area contributed by atoms with Gasteiger partial charge in [0.15, 0.2) is 0 Å². The molecule has 92 valence electrons. The molecule has 0 radical (unpaired) electrons. The molecule has 2 rings (SSSR count). The smallest absolute Gasteiger partial charge is 0.134 e. The number of benzene rings is 2. The van der Waals surface area contributed by atoms with Crippen LogP contribution < -0.4 is 4.74 Å². The highest BCUT2D eigenvalue weighted by Crippen LogP contribution is 2.16. The predicted molar refractivity (Wildman–Crippen MR) is 71.4 cm³/mol. The van der Waals surface area contributed by atoms with E-state index in [1.807, 2.05) is 61.5 Å². The molecule has 1 N–H and O–H groups in total. The van der Waals surface area contributed by atoms with Gasteiger partial charge in [-0.3, -0.25) is 0 Å². The first-order chi connectivity index (χ1) is 8.81. The third-order valence-corrected chi connectivity index (χ3v) is 2.69. The van der Waals surface area contributed by atoms with E-state index in [9.17, 15) is 0 Å². The average Bonchev–Trinajstić information content (AvgIpc) is 2.42. The second kappa shape index (κ2) is 5.87. The second-order valence-electron chi connectivity index (χ2n) is 3.97. The SMILES string of the molecule is Cc1ccccc1OC/C(=N\O)c1ccccc1. The van der Waals surface area contributed by atoms with Crippen molar-refractivity contribution < 1.29 is 9.94 Å². The first kappa shape index (κ1) is 12.2. The van der Waals surface area contributed by atoms with Gasteiger partial charge in [0.05, 0.1) is 0 Å². The van der Waals surface area contributed by atoms with Gasteiger partial charge in [0, 0.05) is 5.56 Å². The summed E-state index contributed by atoms with van der Waals surface area (Å²) >= 11 is 0. The van der Waals surface area contributed by atoms with Crippen molar-refractivity contribution >= 4 is 5.71 Å². The number of para-hydroxylation sites is 1. The summed E-state index contributed by atoms with van der Waals surface area (Å²) in [6, 6.07) is 17.2. The van der Waals surface area contributed by atoms with Gasteiger partial charge in [-0.1, -0.05) is 53.7 Å². The quantitative estimate of drug-likeness (QED) is 0.507. The Kier molecular flexibility index (Phi) is 3.97. The Morgan fingerprint density at radius 1 is 1.06 bits per heavy atom. The zero-order valence-corrected chi connectivity index (χ0v) is 10.2. The second-order valence-corrected chi connectivity index (χ2v) is 3.97. The Balaban J connectivity index is 2.08. The lowest BCUT2D eigenvalue weighted by Gasteiger charge is -2.09. The zero-order chi connectivity index (χ0) is 12.8. The van der Waals surface area contributed by atoms with Crippen LogP contribution in [-0.4, -0.2) is 17.5 Å². The third kappa shape index (κ3) is 2.88. The van der Waals surface area contributed by atoms with Crippen molar-refractivity contribution in [1.82, 2.24) is 0 Å². The summed E-state index contributed by atoms with van der Waals surface area (Å²) in [6.07, 6.45) is 0. The van der Waals surface area contributed by atoms with E-state index >= 15 is 0 Å². The van der Waals surface area contributed by atoms with Crippen molar-refractivity contribution in [2.24, 2.45) is 5.16 Å². The number of rotatable bonds is 4. The fraction of sp³-hybridized carbons (Fsp3) is 0.133. The lowest BCUT2D eigenvalue weighted by molar-refractivity contribution is 0.308. The summed E-state index contributed by atoms with van der Waals surface area (Å²) in [5, 5.41) is 12.3. The first-order valence-electron chi connectivity index (χ1n) is 5.76. The molecule has 0 bridgehead atoms. The monoisotopic (exact) mass is 241 g/mol. The minimum Gasteiger partial charge on any atom is -0.487 e. The standard InChI is InChI=1S/C15H15NO2/c1-12-7-5-6-10-15(12)18-11-14(16-17)13-8-3-2-4-9-13/h2-10,17H,11H2,1H3/b16-14+. The van der Waals surface area contributed by atoms with Gasteiger partial charge in [-0.25, -0.2) is 0 Å². The van der Waals surface area contributed by atoms with E-state index < -0.39 is 0 Å². The number of nitrogens with zero attached hydrogens (tertiary/aromatic N) is 1. The summed E-state index contributed by atoms with van der Waals surface area (Å²) in [7, 11) is 0. The highest BCUT2D eigenvalue weighted by atomic mass is 16.5. The van der Waals surface area contributed by atoms with Gasteiger partial charge in [-0.15, -0.1) is 0 Å². The zero-order valence-electron chi connectivity index (χ0n) is 10.2. The number of hydrogen-bond acceptors (Lipinski definition) is 3. The molecule has 2 aromatic carbocycles. The maximum Gasteiger partial charge on any atom is 0.134 e. The lowest BCUT2D eigenvalue weighted by Crippen LogP contribution is -2.13. The van der Waals surface area contributed by atoms with E-state index in [4.69, 9.17) is 9.94 Å². The van der Waals surface area contributed by atoms with Crippen LogP contribution in [0.2, 0.25) is 0 Å². The fourth-order valence-corrected chi connectivity index (χ4v) is 1.66. The first-order valence-corrected chi connectivity index (χ1v) is 5.76. The Morgan fingerprint density at radius 2 is 1.72 bits per heavy atom. The molecular formula is C15H15NO2. The van der Waals surface area contributed by atoms with Gasteiger partial charge >= 0.3 is 0 Å². The van der Waals surface area contributed by atoms with E-state index in [0.717, 1.165) is 16.9 Å². The van der Waals surface area contributed by atoms with Crippen molar-refractivity contribution in [3.05, 3.63) is 65.7 Å². The molecular weight excluding hydrogens is 226 g/mol. The molecule has 0 aliphatic rings. The molecule has 0 fully saturated rings. The summed E-state index contributed by atoms with van der Waals surface area (Å²) in [5.74, 6) is 0.801. The van der Waals surface area contributed by atoms with Crippen LogP contribution in [0.4, 0.5) is 0 Å². The van der Waals surface area contributed by atoms with E-state index in [1.165, 1.54) is 0 Å². The molecule has 0 saturated carbocycles. The normalized spacial score (nSPS) is 11.3. The largest absolute Gasteiger partial charge is 0.487 e. The van der Waals surface area contributed by atoms with E-state index in [0.29, 0.717) is 5.71 Å². The Bertz CT molecular complexity index is 535. The minimum atomic E-state index is 0.241. The van der Waals surface area contributed by atoms with Crippen LogP contribution in [-0.2, 0) is 0 Å². The van der Waals surface area contributed by atoms with E-state index in [2.05, 4.69) is 5.16 Å². The highest BCUT2D eigenvalue weighted by molar-refractivity contribution is 6.01. The van der Waals surface area contributed by atoms with Crippen LogP contribution in [0.15, 0.2) is 59.8 Å². The molecule has 2 aromatic rings. The fourth-order valence-electron chi connectivity index (χ4n) is 1.66. The van der Waals surface area contributed by atoms with Crippen LogP contribution in [0.1, 0.15) is 11.1 Å². The molecule has 0 heterocycles. The Hall–Kier alpha value is -2.29. The summed E-state index contributed by atoms with van der Waals surface area (Å²) in [4.78, 5) is 0. The highest BCUT2D eigenvalue weighted by Gasteiger charge is 2.06. The molecule has 0 aliphatic heterocycles. The summed E-state index contributed by atoms with van der Waals surface area (Å²) in [5.41, 5.74) is 2.43. The number of oxime groups is 1. The molecule has 0 aliphatic carbocycles. The molecule has 0 unspecified atom stereocenters. The molecule has 18 heavy (non-hydrogen) atoms. The molecule has 0 atom stereocenters. The topological polar surface area (TPSA) is 41.8 Å². The van der Waals surface area contributed by atoms with Crippen LogP contribution in [0.5, 0.6) is 5.75 Å². The van der Waals surface area contributed by atoms with E-state index in [-0.39, 0.29) is 6.61 Å².